The van der Waals surface area contributed by atoms with Crippen molar-refractivity contribution in [2.45, 2.75) is 57.7 Å². The summed E-state index contributed by atoms with van der Waals surface area (Å²) in [7, 11) is 0. The third-order valence-electron chi connectivity index (χ3n) is 4.85. The van der Waals surface area contributed by atoms with Gasteiger partial charge < -0.3 is 4.74 Å². The number of halogens is 1. The van der Waals surface area contributed by atoms with Gasteiger partial charge in [0, 0.05) is 18.6 Å². The van der Waals surface area contributed by atoms with Crippen LogP contribution in [0, 0.1) is 23.7 Å². The average Bonchev–Trinajstić information content (AvgIpc) is 2.33. The highest BCUT2D eigenvalue weighted by Gasteiger charge is 2.32. The predicted octanol–water partition coefficient (Wildman–Crippen LogP) is 4.48. The second kappa shape index (κ2) is 6.43. The molecule has 0 bridgehead atoms. The highest BCUT2D eigenvalue weighted by Crippen LogP contribution is 2.40. The normalized spacial score (nSPS) is 36.4. The number of rotatable bonds is 3. The monoisotopic (exact) mass is 258 g/mol. The minimum absolute atomic E-state index is 0.438. The lowest BCUT2D eigenvalue weighted by Crippen LogP contribution is -2.30. The molecule has 1 nitrogen and oxygen atoms in total. The van der Waals surface area contributed by atoms with Crippen LogP contribution < -0.4 is 0 Å². The molecule has 3 unspecified atom stereocenters. The van der Waals surface area contributed by atoms with Crippen molar-refractivity contribution in [1.29, 1.82) is 0 Å². The van der Waals surface area contributed by atoms with Crippen molar-refractivity contribution >= 4 is 11.6 Å². The SMILES string of the molecule is CC(C)C1CCC(Cl)C(CC2CCOCC2)C1. The molecule has 17 heavy (non-hydrogen) atoms. The van der Waals surface area contributed by atoms with Crippen LogP contribution in [0.3, 0.4) is 0 Å². The maximum Gasteiger partial charge on any atom is 0.0468 e. The van der Waals surface area contributed by atoms with E-state index in [0.29, 0.717) is 5.38 Å². The second-order valence-electron chi connectivity index (χ2n) is 6.38. The van der Waals surface area contributed by atoms with E-state index >= 15 is 0 Å². The van der Waals surface area contributed by atoms with E-state index < -0.39 is 0 Å². The van der Waals surface area contributed by atoms with Gasteiger partial charge >= 0.3 is 0 Å². The van der Waals surface area contributed by atoms with E-state index in [1.165, 1.54) is 38.5 Å². The largest absolute Gasteiger partial charge is 0.381 e. The van der Waals surface area contributed by atoms with Gasteiger partial charge in [0.25, 0.3) is 0 Å². The lowest BCUT2D eigenvalue weighted by Gasteiger charge is -2.37. The Morgan fingerprint density at radius 3 is 2.47 bits per heavy atom. The third-order valence-corrected chi connectivity index (χ3v) is 5.42. The first-order valence-electron chi connectivity index (χ1n) is 7.38. The molecular weight excluding hydrogens is 232 g/mol. The van der Waals surface area contributed by atoms with Crippen LogP contribution in [0.4, 0.5) is 0 Å². The van der Waals surface area contributed by atoms with E-state index in [1.807, 2.05) is 0 Å². The van der Waals surface area contributed by atoms with Gasteiger partial charge in [-0.3, -0.25) is 0 Å². The Labute approximate surface area is 111 Å². The van der Waals surface area contributed by atoms with E-state index in [4.69, 9.17) is 16.3 Å². The summed E-state index contributed by atoms with van der Waals surface area (Å²) in [5.74, 6) is 3.38. The van der Waals surface area contributed by atoms with Crippen LogP contribution in [0.2, 0.25) is 0 Å². The molecule has 0 aromatic carbocycles. The Morgan fingerprint density at radius 1 is 1.12 bits per heavy atom. The Balaban J connectivity index is 1.84. The van der Waals surface area contributed by atoms with Crippen LogP contribution in [0.5, 0.6) is 0 Å². The fourth-order valence-corrected chi connectivity index (χ4v) is 3.85. The molecule has 3 atom stereocenters. The Morgan fingerprint density at radius 2 is 1.82 bits per heavy atom. The summed E-state index contributed by atoms with van der Waals surface area (Å²) < 4.78 is 5.44. The Hall–Kier alpha value is 0.250. The molecule has 2 fully saturated rings. The van der Waals surface area contributed by atoms with Crippen molar-refractivity contribution < 1.29 is 4.74 Å². The molecule has 1 saturated carbocycles. The van der Waals surface area contributed by atoms with Crippen molar-refractivity contribution in [2.75, 3.05) is 13.2 Å². The lowest BCUT2D eigenvalue weighted by atomic mass is 9.72. The molecule has 0 N–H and O–H groups in total. The standard InChI is InChI=1S/C15H27ClO/c1-11(2)13-3-4-15(16)14(10-13)9-12-5-7-17-8-6-12/h11-15H,3-10H2,1-2H3. The van der Waals surface area contributed by atoms with Gasteiger partial charge in [-0.2, -0.15) is 0 Å². The molecule has 1 aliphatic carbocycles. The highest BCUT2D eigenvalue weighted by atomic mass is 35.5. The van der Waals surface area contributed by atoms with Gasteiger partial charge in [0.1, 0.15) is 0 Å². The van der Waals surface area contributed by atoms with Crippen molar-refractivity contribution in [3.63, 3.8) is 0 Å². The zero-order valence-corrected chi connectivity index (χ0v) is 12.1. The van der Waals surface area contributed by atoms with Gasteiger partial charge in [0.05, 0.1) is 0 Å². The molecule has 0 spiro atoms. The smallest absolute Gasteiger partial charge is 0.0468 e. The number of hydrogen-bond acceptors (Lipinski definition) is 1. The van der Waals surface area contributed by atoms with Crippen LogP contribution in [0.1, 0.15) is 52.4 Å². The van der Waals surface area contributed by atoms with Crippen LogP contribution >= 0.6 is 11.6 Å². The van der Waals surface area contributed by atoms with Gasteiger partial charge in [-0.1, -0.05) is 13.8 Å². The summed E-state index contributed by atoms with van der Waals surface area (Å²) in [6, 6.07) is 0. The lowest BCUT2D eigenvalue weighted by molar-refractivity contribution is 0.0534. The van der Waals surface area contributed by atoms with E-state index in [-0.39, 0.29) is 0 Å². The van der Waals surface area contributed by atoms with Gasteiger partial charge in [-0.15, -0.1) is 11.6 Å². The maximum absolute atomic E-state index is 6.54. The molecule has 1 heterocycles. The van der Waals surface area contributed by atoms with E-state index in [1.54, 1.807) is 0 Å². The molecule has 0 aromatic rings. The summed E-state index contributed by atoms with van der Waals surface area (Å²) in [4.78, 5) is 0. The molecule has 100 valence electrons. The topological polar surface area (TPSA) is 9.23 Å². The van der Waals surface area contributed by atoms with Crippen molar-refractivity contribution in [2.24, 2.45) is 23.7 Å². The van der Waals surface area contributed by atoms with Crippen LogP contribution in [0.15, 0.2) is 0 Å². The average molecular weight is 259 g/mol. The molecule has 0 radical (unpaired) electrons. The van der Waals surface area contributed by atoms with E-state index in [0.717, 1.165) is 36.9 Å². The zero-order chi connectivity index (χ0) is 12.3. The van der Waals surface area contributed by atoms with Crippen LogP contribution in [-0.4, -0.2) is 18.6 Å². The van der Waals surface area contributed by atoms with Crippen molar-refractivity contribution in [3.8, 4) is 0 Å². The molecular formula is C15H27ClO. The molecule has 2 aliphatic rings. The number of alkyl halides is 1. The highest BCUT2D eigenvalue weighted by molar-refractivity contribution is 6.20. The first-order chi connectivity index (χ1) is 8.16. The summed E-state index contributed by atoms with van der Waals surface area (Å²) in [6.07, 6.45) is 7.80. The van der Waals surface area contributed by atoms with Gasteiger partial charge in [-0.25, -0.2) is 0 Å². The summed E-state index contributed by atoms with van der Waals surface area (Å²) in [6.45, 7) is 6.67. The second-order valence-corrected chi connectivity index (χ2v) is 6.95. The molecule has 0 amide bonds. The first-order valence-corrected chi connectivity index (χ1v) is 7.82. The summed E-state index contributed by atoms with van der Waals surface area (Å²) in [5, 5.41) is 0.438. The number of hydrogen-bond donors (Lipinski definition) is 0. The molecule has 2 heteroatoms. The Bertz CT molecular complexity index is 223. The fourth-order valence-electron chi connectivity index (χ4n) is 3.52. The van der Waals surface area contributed by atoms with Gasteiger partial charge in [-0.05, 0) is 62.2 Å². The van der Waals surface area contributed by atoms with E-state index in [9.17, 15) is 0 Å². The predicted molar refractivity (Wildman–Crippen MR) is 73.5 cm³/mol. The molecule has 1 saturated heterocycles. The molecule has 2 rings (SSSR count). The van der Waals surface area contributed by atoms with Crippen molar-refractivity contribution in [3.05, 3.63) is 0 Å². The van der Waals surface area contributed by atoms with Gasteiger partial charge in [0.15, 0.2) is 0 Å². The molecule has 0 aromatic heterocycles. The van der Waals surface area contributed by atoms with Crippen molar-refractivity contribution in [1.82, 2.24) is 0 Å². The summed E-state index contributed by atoms with van der Waals surface area (Å²) >= 11 is 6.54. The summed E-state index contributed by atoms with van der Waals surface area (Å²) in [5.41, 5.74) is 0. The number of ether oxygens (including phenoxy) is 1. The quantitative estimate of drug-likeness (QED) is 0.678. The zero-order valence-electron chi connectivity index (χ0n) is 11.3. The Kier molecular flexibility index (Phi) is 5.17. The van der Waals surface area contributed by atoms with Crippen LogP contribution in [-0.2, 0) is 4.74 Å². The third kappa shape index (κ3) is 3.86. The van der Waals surface area contributed by atoms with Crippen LogP contribution in [0.25, 0.3) is 0 Å². The fraction of sp³-hybridized carbons (Fsp3) is 1.00. The van der Waals surface area contributed by atoms with E-state index in [2.05, 4.69) is 13.8 Å². The molecule has 1 aliphatic heterocycles. The minimum Gasteiger partial charge on any atom is -0.381 e. The maximum atomic E-state index is 6.54. The minimum atomic E-state index is 0.438. The first kappa shape index (κ1) is 13.7. The van der Waals surface area contributed by atoms with Gasteiger partial charge in [0.2, 0.25) is 0 Å².